The van der Waals surface area contributed by atoms with Crippen molar-refractivity contribution in [3.8, 4) is 23.7 Å². The third kappa shape index (κ3) is 4.11. The standard InChI is InChI=1S/C25H15F3/c26-23-15-19(16-24(27)25(23)28)7-6-18-9-11-20(22(14-18)21-12-13-21)10-8-17-4-2-1-3-5-17/h1-5,9,11,14-16,21H,12-13H2. The molecule has 1 saturated carbocycles. The van der Waals surface area contributed by atoms with Gasteiger partial charge in [0.2, 0.25) is 0 Å². The zero-order valence-corrected chi connectivity index (χ0v) is 14.9. The zero-order valence-electron chi connectivity index (χ0n) is 14.9. The summed E-state index contributed by atoms with van der Waals surface area (Å²) in [7, 11) is 0. The SMILES string of the molecule is Fc1cc(C#Cc2ccc(C#Cc3ccccc3)c(C3CC3)c2)cc(F)c1F. The van der Waals surface area contributed by atoms with Crippen LogP contribution in [0.2, 0.25) is 0 Å². The van der Waals surface area contributed by atoms with Gasteiger partial charge in [0.15, 0.2) is 17.5 Å². The summed E-state index contributed by atoms with van der Waals surface area (Å²) in [6.07, 6.45) is 2.23. The Morgan fingerprint density at radius 2 is 1.29 bits per heavy atom. The van der Waals surface area contributed by atoms with Crippen molar-refractivity contribution in [3.63, 3.8) is 0 Å². The molecule has 0 N–H and O–H groups in total. The van der Waals surface area contributed by atoms with Crippen molar-refractivity contribution >= 4 is 0 Å². The first-order chi connectivity index (χ1) is 13.6. The molecule has 0 heterocycles. The number of hydrogen-bond acceptors (Lipinski definition) is 0. The summed E-state index contributed by atoms with van der Waals surface area (Å²) in [5.41, 5.74) is 3.89. The van der Waals surface area contributed by atoms with Gasteiger partial charge in [-0.25, -0.2) is 13.2 Å². The van der Waals surface area contributed by atoms with Crippen molar-refractivity contribution in [1.82, 2.24) is 0 Å². The van der Waals surface area contributed by atoms with E-state index in [-0.39, 0.29) is 5.56 Å². The molecule has 0 nitrogen and oxygen atoms in total. The van der Waals surface area contributed by atoms with Gasteiger partial charge in [0.05, 0.1) is 0 Å². The largest absolute Gasteiger partial charge is 0.204 e. The molecule has 0 atom stereocenters. The van der Waals surface area contributed by atoms with Gasteiger partial charge in [0, 0.05) is 22.3 Å². The van der Waals surface area contributed by atoms with E-state index in [2.05, 4.69) is 23.7 Å². The van der Waals surface area contributed by atoms with Gasteiger partial charge in [-0.3, -0.25) is 0 Å². The van der Waals surface area contributed by atoms with Crippen LogP contribution >= 0.6 is 0 Å². The molecular weight excluding hydrogens is 357 g/mol. The smallest absolute Gasteiger partial charge is 0.194 e. The first-order valence-electron chi connectivity index (χ1n) is 8.98. The molecule has 3 aromatic rings. The Morgan fingerprint density at radius 1 is 0.643 bits per heavy atom. The van der Waals surface area contributed by atoms with Crippen LogP contribution in [0, 0.1) is 41.1 Å². The Hall–Kier alpha value is -3.43. The van der Waals surface area contributed by atoms with E-state index in [0.717, 1.165) is 47.2 Å². The number of hydrogen-bond donors (Lipinski definition) is 0. The lowest BCUT2D eigenvalue weighted by Crippen LogP contribution is -1.92. The maximum atomic E-state index is 13.3. The summed E-state index contributed by atoms with van der Waals surface area (Å²) in [5, 5.41) is 0. The van der Waals surface area contributed by atoms with Crippen molar-refractivity contribution in [2.45, 2.75) is 18.8 Å². The molecule has 0 aromatic heterocycles. The van der Waals surface area contributed by atoms with Gasteiger partial charge in [-0.1, -0.05) is 41.9 Å². The predicted molar refractivity (Wildman–Crippen MR) is 103 cm³/mol. The topological polar surface area (TPSA) is 0 Å². The highest BCUT2D eigenvalue weighted by Crippen LogP contribution is 2.41. The lowest BCUT2D eigenvalue weighted by Gasteiger charge is -2.03. The van der Waals surface area contributed by atoms with Crippen molar-refractivity contribution in [2.75, 3.05) is 0 Å². The van der Waals surface area contributed by atoms with Crippen LogP contribution < -0.4 is 0 Å². The molecule has 1 aliphatic rings. The lowest BCUT2D eigenvalue weighted by atomic mass is 10.00. The summed E-state index contributed by atoms with van der Waals surface area (Å²) in [4.78, 5) is 0. The van der Waals surface area contributed by atoms with Crippen LogP contribution in [0.25, 0.3) is 0 Å². The molecule has 1 aliphatic carbocycles. The van der Waals surface area contributed by atoms with E-state index in [1.807, 2.05) is 48.5 Å². The lowest BCUT2D eigenvalue weighted by molar-refractivity contribution is 0.446. The second-order valence-electron chi connectivity index (χ2n) is 6.70. The van der Waals surface area contributed by atoms with E-state index in [0.29, 0.717) is 5.92 Å². The summed E-state index contributed by atoms with van der Waals surface area (Å²) < 4.78 is 39.7. The average molecular weight is 372 g/mol. The fourth-order valence-corrected chi connectivity index (χ4v) is 2.92. The molecule has 3 aromatic carbocycles. The van der Waals surface area contributed by atoms with Crippen LogP contribution in [0.5, 0.6) is 0 Å². The molecule has 0 bridgehead atoms. The molecule has 0 saturated heterocycles. The Bertz CT molecular complexity index is 1130. The van der Waals surface area contributed by atoms with E-state index in [9.17, 15) is 13.2 Å². The number of rotatable bonds is 1. The molecule has 0 aliphatic heterocycles. The van der Waals surface area contributed by atoms with Crippen molar-refractivity contribution in [3.05, 3.63) is 106 Å². The van der Waals surface area contributed by atoms with Crippen LogP contribution in [0.1, 0.15) is 46.6 Å². The summed E-state index contributed by atoms with van der Waals surface area (Å²) in [6, 6.07) is 17.3. The summed E-state index contributed by atoms with van der Waals surface area (Å²) in [6.45, 7) is 0. The third-order valence-corrected chi connectivity index (χ3v) is 4.52. The zero-order chi connectivity index (χ0) is 19.5. The van der Waals surface area contributed by atoms with Crippen LogP contribution in [0.4, 0.5) is 13.2 Å². The van der Waals surface area contributed by atoms with Gasteiger partial charge in [0.25, 0.3) is 0 Å². The van der Waals surface area contributed by atoms with Gasteiger partial charge >= 0.3 is 0 Å². The van der Waals surface area contributed by atoms with Gasteiger partial charge < -0.3 is 0 Å². The molecule has 4 rings (SSSR count). The maximum absolute atomic E-state index is 13.3. The van der Waals surface area contributed by atoms with E-state index < -0.39 is 17.5 Å². The summed E-state index contributed by atoms with van der Waals surface area (Å²) in [5.74, 6) is 8.52. The van der Waals surface area contributed by atoms with Gasteiger partial charge in [-0.15, -0.1) is 0 Å². The highest BCUT2D eigenvalue weighted by Gasteiger charge is 2.25. The third-order valence-electron chi connectivity index (χ3n) is 4.52. The number of halogens is 3. The van der Waals surface area contributed by atoms with Gasteiger partial charge in [-0.2, -0.15) is 0 Å². The predicted octanol–water partition coefficient (Wildman–Crippen LogP) is 5.78. The molecule has 3 heteroatoms. The molecule has 28 heavy (non-hydrogen) atoms. The fraction of sp³-hybridized carbons (Fsp3) is 0.120. The molecular formula is C25H15F3. The fourth-order valence-electron chi connectivity index (χ4n) is 2.92. The highest BCUT2D eigenvalue weighted by molar-refractivity contribution is 5.53. The first kappa shape index (κ1) is 18.0. The Kier molecular flexibility index (Phi) is 4.92. The van der Waals surface area contributed by atoms with Crippen molar-refractivity contribution < 1.29 is 13.2 Å². The maximum Gasteiger partial charge on any atom is 0.194 e. The second kappa shape index (κ2) is 7.67. The minimum absolute atomic E-state index is 0.0947. The molecule has 0 unspecified atom stereocenters. The van der Waals surface area contributed by atoms with Crippen LogP contribution in [-0.4, -0.2) is 0 Å². The van der Waals surface area contributed by atoms with E-state index >= 15 is 0 Å². The Morgan fingerprint density at radius 3 is 1.96 bits per heavy atom. The van der Waals surface area contributed by atoms with Crippen molar-refractivity contribution in [1.29, 1.82) is 0 Å². The quantitative estimate of drug-likeness (QED) is 0.375. The molecule has 1 fully saturated rings. The van der Waals surface area contributed by atoms with E-state index in [4.69, 9.17) is 0 Å². The Labute approximate surface area is 162 Å². The Balaban J connectivity index is 1.64. The highest BCUT2D eigenvalue weighted by atomic mass is 19.2. The van der Waals surface area contributed by atoms with Crippen molar-refractivity contribution in [2.24, 2.45) is 0 Å². The van der Waals surface area contributed by atoms with E-state index in [1.165, 1.54) is 0 Å². The molecule has 136 valence electrons. The number of benzene rings is 3. The first-order valence-corrected chi connectivity index (χ1v) is 8.98. The minimum Gasteiger partial charge on any atom is -0.204 e. The second-order valence-corrected chi connectivity index (χ2v) is 6.70. The molecule has 0 radical (unpaired) electrons. The average Bonchev–Trinajstić information content (AvgIpc) is 3.55. The minimum atomic E-state index is -1.48. The summed E-state index contributed by atoms with van der Waals surface area (Å²) >= 11 is 0. The van der Waals surface area contributed by atoms with Crippen LogP contribution in [0.3, 0.4) is 0 Å². The van der Waals surface area contributed by atoms with Crippen LogP contribution in [-0.2, 0) is 0 Å². The van der Waals surface area contributed by atoms with E-state index in [1.54, 1.807) is 0 Å². The molecule has 0 spiro atoms. The monoisotopic (exact) mass is 372 g/mol. The van der Waals surface area contributed by atoms with Gasteiger partial charge in [-0.05, 0) is 66.8 Å². The van der Waals surface area contributed by atoms with Crippen LogP contribution in [0.15, 0.2) is 60.7 Å². The molecule has 0 amide bonds. The van der Waals surface area contributed by atoms with Gasteiger partial charge in [0.1, 0.15) is 0 Å². The normalized spacial score (nSPS) is 12.5.